The van der Waals surface area contributed by atoms with Crippen LogP contribution in [0.1, 0.15) is 24.7 Å². The van der Waals surface area contributed by atoms with Gasteiger partial charge in [-0.1, -0.05) is 6.92 Å². The van der Waals surface area contributed by atoms with Gasteiger partial charge in [-0.3, -0.25) is 0 Å². The number of anilines is 1. The lowest BCUT2D eigenvalue weighted by Crippen LogP contribution is -2.02. The molecule has 1 aromatic heterocycles. The molecule has 0 amide bonds. The Morgan fingerprint density at radius 3 is 2.70 bits per heavy atom. The first-order chi connectivity index (χ1) is 9.62. The predicted octanol–water partition coefficient (Wildman–Crippen LogP) is 3.71. The summed E-state index contributed by atoms with van der Waals surface area (Å²) in [6.07, 6.45) is 1.75. The van der Waals surface area contributed by atoms with Gasteiger partial charge in [0, 0.05) is 19.5 Å². The Hall–Kier alpha value is -2.17. The molecule has 5 heteroatoms. The van der Waals surface area contributed by atoms with Crippen molar-refractivity contribution in [3.63, 3.8) is 0 Å². The minimum absolute atomic E-state index is 0.248. The quantitative estimate of drug-likeness (QED) is 0.903. The van der Waals surface area contributed by atoms with Crippen LogP contribution in [0.3, 0.4) is 0 Å². The van der Waals surface area contributed by atoms with E-state index in [9.17, 15) is 4.39 Å². The minimum atomic E-state index is -0.248. The third-order valence-corrected chi connectivity index (χ3v) is 2.83. The summed E-state index contributed by atoms with van der Waals surface area (Å²) in [5, 5.41) is 2.98. The predicted molar refractivity (Wildman–Crippen MR) is 76.8 cm³/mol. The van der Waals surface area contributed by atoms with Crippen LogP contribution in [-0.4, -0.2) is 17.0 Å². The van der Waals surface area contributed by atoms with Gasteiger partial charge in [-0.15, -0.1) is 0 Å². The van der Waals surface area contributed by atoms with Crippen LogP contribution in [0.5, 0.6) is 11.6 Å². The topological polar surface area (TPSA) is 47.0 Å². The Morgan fingerprint density at radius 2 is 2.05 bits per heavy atom. The highest BCUT2D eigenvalue weighted by atomic mass is 19.1. The Balaban J connectivity index is 2.27. The molecule has 0 unspecified atom stereocenters. The first kappa shape index (κ1) is 14.2. The molecule has 2 aromatic rings. The molecule has 1 heterocycles. The lowest BCUT2D eigenvalue weighted by Gasteiger charge is -2.09. The number of ether oxygens (including phenoxy) is 1. The van der Waals surface area contributed by atoms with Crippen LogP contribution < -0.4 is 10.1 Å². The van der Waals surface area contributed by atoms with Gasteiger partial charge >= 0.3 is 0 Å². The van der Waals surface area contributed by atoms with E-state index in [0.717, 1.165) is 18.7 Å². The van der Waals surface area contributed by atoms with Crippen LogP contribution in [0.2, 0.25) is 0 Å². The second-order valence-corrected chi connectivity index (χ2v) is 4.52. The van der Waals surface area contributed by atoms with Gasteiger partial charge in [-0.25, -0.2) is 9.37 Å². The molecule has 0 aliphatic rings. The van der Waals surface area contributed by atoms with E-state index in [1.807, 2.05) is 0 Å². The molecule has 0 bridgehead atoms. The summed E-state index contributed by atoms with van der Waals surface area (Å²) in [4.78, 5) is 8.70. The standard InChI is InChI=1S/C15H18FN3O/c1-4-5-13-18-14(17-3)9-15(19-13)20-11-6-7-12(16)10(2)8-11/h6-9H,4-5H2,1-3H3,(H,17,18,19). The molecule has 1 N–H and O–H groups in total. The zero-order valence-electron chi connectivity index (χ0n) is 11.9. The second-order valence-electron chi connectivity index (χ2n) is 4.52. The lowest BCUT2D eigenvalue weighted by molar-refractivity contribution is 0.456. The normalized spacial score (nSPS) is 10.4. The average Bonchev–Trinajstić information content (AvgIpc) is 2.43. The van der Waals surface area contributed by atoms with Gasteiger partial charge < -0.3 is 10.1 Å². The molecule has 0 saturated carbocycles. The van der Waals surface area contributed by atoms with Gasteiger partial charge in [-0.05, 0) is 37.1 Å². The molecule has 0 atom stereocenters. The molecule has 106 valence electrons. The largest absolute Gasteiger partial charge is 0.439 e. The third-order valence-electron chi connectivity index (χ3n) is 2.83. The fourth-order valence-corrected chi connectivity index (χ4v) is 1.79. The van der Waals surface area contributed by atoms with Crippen LogP contribution in [0.15, 0.2) is 24.3 Å². The molecule has 0 saturated heterocycles. The fourth-order valence-electron chi connectivity index (χ4n) is 1.79. The van der Waals surface area contributed by atoms with Gasteiger partial charge in [0.1, 0.15) is 23.2 Å². The summed E-state index contributed by atoms with van der Waals surface area (Å²) < 4.78 is 18.9. The number of hydrogen-bond acceptors (Lipinski definition) is 4. The molecular formula is C15H18FN3O. The van der Waals surface area contributed by atoms with E-state index in [2.05, 4.69) is 22.2 Å². The van der Waals surface area contributed by atoms with Crippen molar-refractivity contribution < 1.29 is 9.13 Å². The van der Waals surface area contributed by atoms with Crippen molar-refractivity contribution in [3.05, 3.63) is 41.5 Å². The molecular weight excluding hydrogens is 257 g/mol. The van der Waals surface area contributed by atoms with Crippen LogP contribution in [0.25, 0.3) is 0 Å². The van der Waals surface area contributed by atoms with E-state index in [1.54, 1.807) is 32.2 Å². The van der Waals surface area contributed by atoms with Crippen molar-refractivity contribution in [1.82, 2.24) is 9.97 Å². The second kappa shape index (κ2) is 6.32. The zero-order chi connectivity index (χ0) is 14.5. The summed E-state index contributed by atoms with van der Waals surface area (Å²) in [5.74, 6) is 2.21. The third kappa shape index (κ3) is 3.44. The van der Waals surface area contributed by atoms with Crippen molar-refractivity contribution in [1.29, 1.82) is 0 Å². The highest BCUT2D eigenvalue weighted by Crippen LogP contribution is 2.23. The number of benzene rings is 1. The highest BCUT2D eigenvalue weighted by molar-refractivity contribution is 5.40. The molecule has 0 aliphatic heterocycles. The Morgan fingerprint density at radius 1 is 1.25 bits per heavy atom. The number of rotatable bonds is 5. The van der Waals surface area contributed by atoms with Gasteiger partial charge in [0.2, 0.25) is 5.88 Å². The Kier molecular flexibility index (Phi) is 4.50. The summed E-state index contributed by atoms with van der Waals surface area (Å²) in [7, 11) is 1.80. The summed E-state index contributed by atoms with van der Waals surface area (Å²) in [6, 6.07) is 6.34. The molecule has 0 spiro atoms. The first-order valence-corrected chi connectivity index (χ1v) is 6.62. The summed E-state index contributed by atoms with van der Waals surface area (Å²) in [5.41, 5.74) is 0.541. The lowest BCUT2D eigenvalue weighted by atomic mass is 10.2. The molecule has 0 aliphatic carbocycles. The van der Waals surface area contributed by atoms with Gasteiger partial charge in [0.15, 0.2) is 0 Å². The number of aromatic nitrogens is 2. The Bertz CT molecular complexity index is 602. The number of aryl methyl sites for hydroxylation is 2. The maximum Gasteiger partial charge on any atom is 0.224 e. The number of nitrogens with one attached hydrogen (secondary N) is 1. The van der Waals surface area contributed by atoms with E-state index in [0.29, 0.717) is 23.0 Å². The molecule has 0 radical (unpaired) electrons. The summed E-state index contributed by atoms with van der Waals surface area (Å²) in [6.45, 7) is 3.77. The molecule has 20 heavy (non-hydrogen) atoms. The maximum absolute atomic E-state index is 13.2. The highest BCUT2D eigenvalue weighted by Gasteiger charge is 2.07. The van der Waals surface area contributed by atoms with Crippen molar-refractivity contribution in [2.45, 2.75) is 26.7 Å². The summed E-state index contributed by atoms with van der Waals surface area (Å²) >= 11 is 0. The van der Waals surface area contributed by atoms with E-state index in [1.165, 1.54) is 6.07 Å². The van der Waals surface area contributed by atoms with E-state index < -0.39 is 0 Å². The van der Waals surface area contributed by atoms with Crippen molar-refractivity contribution in [2.24, 2.45) is 0 Å². The van der Waals surface area contributed by atoms with Crippen LogP contribution in [-0.2, 0) is 6.42 Å². The van der Waals surface area contributed by atoms with Crippen molar-refractivity contribution >= 4 is 5.82 Å². The molecule has 1 aromatic carbocycles. The SMILES string of the molecule is CCCc1nc(NC)cc(Oc2ccc(F)c(C)c2)n1. The first-order valence-electron chi connectivity index (χ1n) is 6.62. The fraction of sp³-hybridized carbons (Fsp3) is 0.333. The minimum Gasteiger partial charge on any atom is -0.439 e. The van der Waals surface area contributed by atoms with E-state index >= 15 is 0 Å². The smallest absolute Gasteiger partial charge is 0.224 e. The molecule has 0 fully saturated rings. The van der Waals surface area contributed by atoms with Crippen molar-refractivity contribution in [3.8, 4) is 11.6 Å². The van der Waals surface area contributed by atoms with Crippen molar-refractivity contribution in [2.75, 3.05) is 12.4 Å². The molecule has 4 nitrogen and oxygen atoms in total. The zero-order valence-corrected chi connectivity index (χ0v) is 11.9. The maximum atomic E-state index is 13.2. The monoisotopic (exact) mass is 275 g/mol. The van der Waals surface area contributed by atoms with Crippen LogP contribution in [0.4, 0.5) is 10.2 Å². The van der Waals surface area contributed by atoms with E-state index in [4.69, 9.17) is 4.74 Å². The van der Waals surface area contributed by atoms with Crippen LogP contribution >= 0.6 is 0 Å². The van der Waals surface area contributed by atoms with Gasteiger partial charge in [-0.2, -0.15) is 4.98 Å². The molecule has 2 rings (SSSR count). The van der Waals surface area contributed by atoms with E-state index in [-0.39, 0.29) is 5.82 Å². The number of hydrogen-bond donors (Lipinski definition) is 1. The number of halogens is 1. The van der Waals surface area contributed by atoms with Gasteiger partial charge in [0.25, 0.3) is 0 Å². The van der Waals surface area contributed by atoms with Crippen LogP contribution in [0, 0.1) is 12.7 Å². The number of nitrogens with zero attached hydrogens (tertiary/aromatic N) is 2. The van der Waals surface area contributed by atoms with Gasteiger partial charge in [0.05, 0.1) is 0 Å². The average molecular weight is 275 g/mol. The Labute approximate surface area is 118 Å².